The summed E-state index contributed by atoms with van der Waals surface area (Å²) in [6, 6.07) is 6.72. The predicted molar refractivity (Wildman–Crippen MR) is 82.6 cm³/mol. The number of benzene rings is 1. The van der Waals surface area contributed by atoms with Crippen LogP contribution in [0, 0.1) is 6.92 Å². The topological polar surface area (TPSA) is 86.9 Å². The van der Waals surface area contributed by atoms with Gasteiger partial charge in [0.1, 0.15) is 0 Å². The molecule has 0 amide bonds. The van der Waals surface area contributed by atoms with Crippen molar-refractivity contribution in [1.82, 2.24) is 14.9 Å². The Balaban J connectivity index is 2.00. The van der Waals surface area contributed by atoms with Gasteiger partial charge in [0.25, 0.3) is 0 Å². The number of nitrogens with one attached hydrogen (secondary N) is 3. The number of anilines is 1. The SMILES string of the molecule is CCCNS(=O)(=O)c1ccc(NCc2cn[nH]c2C)cc1. The summed E-state index contributed by atoms with van der Waals surface area (Å²) in [7, 11) is -3.40. The van der Waals surface area contributed by atoms with E-state index in [1.165, 1.54) is 0 Å². The lowest BCUT2D eigenvalue weighted by molar-refractivity contribution is 0.581. The predicted octanol–water partition coefficient (Wildman–Crippen LogP) is 2.02. The number of aromatic nitrogens is 2. The number of hydrogen-bond acceptors (Lipinski definition) is 4. The summed E-state index contributed by atoms with van der Waals surface area (Å²) in [5.41, 5.74) is 2.96. The quantitative estimate of drug-likeness (QED) is 0.730. The highest BCUT2D eigenvalue weighted by atomic mass is 32.2. The number of aromatic amines is 1. The van der Waals surface area contributed by atoms with Crippen LogP contribution in [0.2, 0.25) is 0 Å². The Kier molecular flexibility index (Phi) is 4.98. The van der Waals surface area contributed by atoms with Crippen molar-refractivity contribution in [2.75, 3.05) is 11.9 Å². The molecule has 0 aliphatic carbocycles. The highest BCUT2D eigenvalue weighted by Crippen LogP contribution is 2.15. The van der Waals surface area contributed by atoms with Crippen molar-refractivity contribution >= 4 is 15.7 Å². The molecule has 0 spiro atoms. The van der Waals surface area contributed by atoms with Gasteiger partial charge < -0.3 is 5.32 Å². The largest absolute Gasteiger partial charge is 0.381 e. The van der Waals surface area contributed by atoms with Crippen LogP contribution in [0.3, 0.4) is 0 Å². The minimum Gasteiger partial charge on any atom is -0.381 e. The molecule has 3 N–H and O–H groups in total. The monoisotopic (exact) mass is 308 g/mol. The molecular weight excluding hydrogens is 288 g/mol. The summed E-state index contributed by atoms with van der Waals surface area (Å²) in [5, 5.41) is 10.1. The number of sulfonamides is 1. The van der Waals surface area contributed by atoms with Crippen LogP contribution in [0.5, 0.6) is 0 Å². The Hall–Kier alpha value is -1.86. The summed E-state index contributed by atoms with van der Waals surface area (Å²) in [5.74, 6) is 0. The fourth-order valence-electron chi connectivity index (χ4n) is 1.82. The highest BCUT2D eigenvalue weighted by Gasteiger charge is 2.12. The molecule has 2 rings (SSSR count). The molecule has 2 aromatic rings. The maximum absolute atomic E-state index is 11.9. The number of nitrogens with zero attached hydrogens (tertiary/aromatic N) is 1. The van der Waals surface area contributed by atoms with Crippen molar-refractivity contribution in [2.24, 2.45) is 0 Å². The third-order valence-corrected chi connectivity index (χ3v) is 4.60. The lowest BCUT2D eigenvalue weighted by Crippen LogP contribution is -2.24. The van der Waals surface area contributed by atoms with Crippen molar-refractivity contribution in [3.05, 3.63) is 41.7 Å². The van der Waals surface area contributed by atoms with E-state index in [9.17, 15) is 8.42 Å². The first-order chi connectivity index (χ1) is 10.0. The average molecular weight is 308 g/mol. The smallest absolute Gasteiger partial charge is 0.240 e. The van der Waals surface area contributed by atoms with Gasteiger partial charge in [-0.25, -0.2) is 13.1 Å². The Morgan fingerprint density at radius 2 is 1.95 bits per heavy atom. The number of H-pyrrole nitrogens is 1. The Morgan fingerprint density at radius 1 is 1.24 bits per heavy atom. The lowest BCUT2D eigenvalue weighted by atomic mass is 10.2. The molecular formula is C14H20N4O2S. The van der Waals surface area contributed by atoms with Crippen LogP contribution in [0.15, 0.2) is 35.4 Å². The second-order valence-corrected chi connectivity index (χ2v) is 6.56. The molecule has 0 fully saturated rings. The van der Waals surface area contributed by atoms with Crippen LogP contribution in [-0.2, 0) is 16.6 Å². The standard InChI is InChI=1S/C14H20N4O2S/c1-3-8-17-21(19,20)14-6-4-13(5-7-14)15-9-12-10-16-18-11(12)2/h4-7,10,15,17H,3,8-9H2,1-2H3,(H,16,18). The zero-order valence-electron chi connectivity index (χ0n) is 12.2. The van der Waals surface area contributed by atoms with E-state index in [2.05, 4.69) is 20.2 Å². The molecule has 0 aliphatic rings. The first-order valence-corrected chi connectivity index (χ1v) is 8.33. The molecule has 1 aromatic carbocycles. The second-order valence-electron chi connectivity index (χ2n) is 4.80. The van der Waals surface area contributed by atoms with Gasteiger partial charge >= 0.3 is 0 Å². The molecule has 0 atom stereocenters. The molecule has 0 saturated heterocycles. The average Bonchev–Trinajstić information content (AvgIpc) is 2.89. The normalized spacial score (nSPS) is 11.5. The fourth-order valence-corrected chi connectivity index (χ4v) is 2.96. The van der Waals surface area contributed by atoms with Crippen molar-refractivity contribution in [2.45, 2.75) is 31.7 Å². The van der Waals surface area contributed by atoms with Gasteiger partial charge in [0, 0.05) is 30.0 Å². The summed E-state index contributed by atoms with van der Waals surface area (Å²) in [4.78, 5) is 0.279. The van der Waals surface area contributed by atoms with E-state index in [1.807, 2.05) is 13.8 Å². The third-order valence-electron chi connectivity index (χ3n) is 3.12. The van der Waals surface area contributed by atoms with Gasteiger partial charge in [-0.2, -0.15) is 5.10 Å². The van der Waals surface area contributed by atoms with Crippen LogP contribution >= 0.6 is 0 Å². The maximum Gasteiger partial charge on any atom is 0.240 e. The molecule has 1 heterocycles. The van der Waals surface area contributed by atoms with Crippen molar-refractivity contribution in [3.8, 4) is 0 Å². The van der Waals surface area contributed by atoms with E-state index >= 15 is 0 Å². The van der Waals surface area contributed by atoms with Gasteiger partial charge in [0.05, 0.1) is 11.1 Å². The fraction of sp³-hybridized carbons (Fsp3) is 0.357. The van der Waals surface area contributed by atoms with E-state index in [0.29, 0.717) is 13.1 Å². The maximum atomic E-state index is 11.9. The van der Waals surface area contributed by atoms with Crippen molar-refractivity contribution in [3.63, 3.8) is 0 Å². The summed E-state index contributed by atoms with van der Waals surface area (Å²) in [6.45, 7) is 4.97. The van der Waals surface area contributed by atoms with E-state index in [4.69, 9.17) is 0 Å². The summed E-state index contributed by atoms with van der Waals surface area (Å²) >= 11 is 0. The van der Waals surface area contributed by atoms with Gasteiger partial charge in [-0.15, -0.1) is 0 Å². The van der Waals surface area contributed by atoms with Gasteiger partial charge in [-0.3, -0.25) is 5.10 Å². The molecule has 6 nitrogen and oxygen atoms in total. The summed E-state index contributed by atoms with van der Waals surface area (Å²) < 4.78 is 26.4. The number of hydrogen-bond donors (Lipinski definition) is 3. The first kappa shape index (κ1) is 15.5. The second kappa shape index (κ2) is 6.73. The van der Waals surface area contributed by atoms with Crippen LogP contribution in [0.1, 0.15) is 24.6 Å². The Bertz CT molecular complexity index is 677. The van der Waals surface area contributed by atoms with E-state index in [-0.39, 0.29) is 4.90 Å². The van der Waals surface area contributed by atoms with Crippen LogP contribution in [0.4, 0.5) is 5.69 Å². The molecule has 21 heavy (non-hydrogen) atoms. The van der Waals surface area contributed by atoms with Crippen LogP contribution < -0.4 is 10.0 Å². The minimum atomic E-state index is -3.40. The zero-order chi connectivity index (χ0) is 15.3. The molecule has 0 radical (unpaired) electrons. The molecule has 1 aromatic heterocycles. The van der Waals surface area contributed by atoms with Gasteiger partial charge in [0.15, 0.2) is 0 Å². The molecule has 0 unspecified atom stereocenters. The van der Waals surface area contributed by atoms with Gasteiger partial charge in [-0.1, -0.05) is 6.92 Å². The Labute approximate surface area is 125 Å². The van der Waals surface area contributed by atoms with Crippen LogP contribution in [-0.4, -0.2) is 25.2 Å². The molecule has 114 valence electrons. The van der Waals surface area contributed by atoms with E-state index in [1.54, 1.807) is 30.5 Å². The van der Waals surface area contributed by atoms with Crippen molar-refractivity contribution < 1.29 is 8.42 Å². The highest BCUT2D eigenvalue weighted by molar-refractivity contribution is 7.89. The van der Waals surface area contributed by atoms with Crippen molar-refractivity contribution in [1.29, 1.82) is 0 Å². The van der Waals surface area contributed by atoms with Gasteiger partial charge in [-0.05, 0) is 37.6 Å². The van der Waals surface area contributed by atoms with E-state index < -0.39 is 10.0 Å². The third kappa shape index (κ3) is 4.05. The molecule has 0 bridgehead atoms. The van der Waals surface area contributed by atoms with Crippen LogP contribution in [0.25, 0.3) is 0 Å². The summed E-state index contributed by atoms with van der Waals surface area (Å²) in [6.07, 6.45) is 2.54. The van der Waals surface area contributed by atoms with Gasteiger partial charge in [0.2, 0.25) is 10.0 Å². The van der Waals surface area contributed by atoms with E-state index in [0.717, 1.165) is 23.4 Å². The molecule has 0 aliphatic heterocycles. The Morgan fingerprint density at radius 3 is 2.52 bits per heavy atom. The zero-order valence-corrected chi connectivity index (χ0v) is 13.0. The number of aryl methyl sites for hydroxylation is 1. The first-order valence-electron chi connectivity index (χ1n) is 6.85. The molecule has 7 heteroatoms. The lowest BCUT2D eigenvalue weighted by Gasteiger charge is -2.08. The number of rotatable bonds is 7. The minimum absolute atomic E-state index is 0.279. The molecule has 0 saturated carbocycles.